The van der Waals surface area contributed by atoms with Gasteiger partial charge in [-0.1, -0.05) is 18.2 Å². The molecule has 0 spiro atoms. The van der Waals surface area contributed by atoms with E-state index in [9.17, 15) is 4.79 Å². The molecule has 0 bridgehead atoms. The highest BCUT2D eigenvalue weighted by Crippen LogP contribution is 2.30. The van der Waals surface area contributed by atoms with Crippen LogP contribution < -0.4 is 4.90 Å². The lowest BCUT2D eigenvalue weighted by atomic mass is 10.0. The van der Waals surface area contributed by atoms with Crippen LogP contribution in [0.15, 0.2) is 46.9 Å². The number of rotatable bonds is 3. The third-order valence-corrected chi connectivity index (χ3v) is 4.87. The number of hydrogen-bond donors (Lipinski definition) is 0. The summed E-state index contributed by atoms with van der Waals surface area (Å²) in [6, 6.07) is 13.2. The number of furan rings is 1. The zero-order valence-corrected chi connectivity index (χ0v) is 15.8. The highest BCUT2D eigenvalue weighted by atomic mass is 16.5. The third kappa shape index (κ3) is 3.28. The van der Waals surface area contributed by atoms with E-state index in [1.807, 2.05) is 73.3 Å². The molecule has 27 heavy (non-hydrogen) atoms. The van der Waals surface area contributed by atoms with Gasteiger partial charge in [0.1, 0.15) is 23.4 Å². The molecule has 1 atom stereocenters. The maximum Gasteiger partial charge on any atom is 0.255 e. The molecule has 0 radical (unpaired) electrons. The molecule has 1 fully saturated rings. The van der Waals surface area contributed by atoms with Crippen molar-refractivity contribution in [2.75, 3.05) is 38.8 Å². The Morgan fingerprint density at radius 3 is 2.78 bits per heavy atom. The number of hydrogen-bond acceptors (Lipinski definition) is 5. The molecule has 1 aliphatic heterocycles. The molecule has 3 aromatic rings. The van der Waals surface area contributed by atoms with E-state index < -0.39 is 0 Å². The third-order valence-electron chi connectivity index (χ3n) is 4.87. The van der Waals surface area contributed by atoms with Crippen LogP contribution in [-0.4, -0.2) is 49.6 Å². The number of anilines is 1. The fourth-order valence-corrected chi connectivity index (χ4v) is 3.44. The first-order valence-corrected chi connectivity index (χ1v) is 9.07. The highest BCUT2D eigenvalue weighted by Gasteiger charge is 2.32. The van der Waals surface area contributed by atoms with Crippen molar-refractivity contribution >= 4 is 22.6 Å². The minimum atomic E-state index is -0.227. The van der Waals surface area contributed by atoms with Gasteiger partial charge in [-0.3, -0.25) is 4.79 Å². The summed E-state index contributed by atoms with van der Waals surface area (Å²) in [5.41, 5.74) is 1.46. The van der Waals surface area contributed by atoms with Gasteiger partial charge in [0.05, 0.1) is 24.3 Å². The minimum absolute atomic E-state index is 0.0287. The van der Waals surface area contributed by atoms with Crippen LogP contribution in [-0.2, 0) is 4.74 Å². The molecule has 140 valence electrons. The molecule has 0 aliphatic carbocycles. The summed E-state index contributed by atoms with van der Waals surface area (Å²) in [5.74, 6) is 2.31. The maximum atomic E-state index is 13.6. The van der Waals surface area contributed by atoms with Gasteiger partial charge in [-0.25, -0.2) is 4.98 Å². The second kappa shape index (κ2) is 7.04. The van der Waals surface area contributed by atoms with Crippen molar-refractivity contribution in [3.05, 3.63) is 59.5 Å². The number of nitrogens with zero attached hydrogens (tertiary/aromatic N) is 3. The standard InChI is InChI=1S/C21H23N3O3/c1-14-8-9-19(27-14)18-13-26-11-10-24(18)21(25)16-12-20(23(2)3)22-17-7-5-4-6-15(16)17/h4-9,12,18H,10-11,13H2,1-3H3. The van der Waals surface area contributed by atoms with Gasteiger partial charge in [0, 0.05) is 26.0 Å². The SMILES string of the molecule is Cc1ccc(C2COCCN2C(=O)c2cc(N(C)C)nc3ccccc23)o1. The molecule has 1 unspecified atom stereocenters. The normalized spacial score (nSPS) is 17.3. The minimum Gasteiger partial charge on any atom is -0.464 e. The fourth-order valence-electron chi connectivity index (χ4n) is 3.44. The Morgan fingerprint density at radius 1 is 1.22 bits per heavy atom. The predicted octanol–water partition coefficient (Wildman–Crippen LogP) is 3.42. The van der Waals surface area contributed by atoms with Crippen molar-refractivity contribution < 1.29 is 13.9 Å². The number of fused-ring (bicyclic) bond motifs is 1. The fraction of sp³-hybridized carbons (Fsp3) is 0.333. The molecule has 1 aliphatic rings. The number of pyridine rings is 1. The lowest BCUT2D eigenvalue weighted by Gasteiger charge is -2.34. The van der Waals surface area contributed by atoms with E-state index in [0.717, 1.165) is 28.2 Å². The summed E-state index contributed by atoms with van der Waals surface area (Å²) < 4.78 is 11.4. The maximum absolute atomic E-state index is 13.6. The lowest BCUT2D eigenvalue weighted by molar-refractivity contribution is -0.00884. The molecule has 1 aromatic carbocycles. The summed E-state index contributed by atoms with van der Waals surface area (Å²) in [4.78, 5) is 22.0. The van der Waals surface area contributed by atoms with E-state index in [0.29, 0.717) is 25.3 Å². The number of carbonyl (C=O) groups excluding carboxylic acids is 1. The van der Waals surface area contributed by atoms with Gasteiger partial charge in [-0.2, -0.15) is 0 Å². The molecule has 4 rings (SSSR count). The van der Waals surface area contributed by atoms with E-state index in [-0.39, 0.29) is 11.9 Å². The number of ether oxygens (including phenoxy) is 1. The van der Waals surface area contributed by atoms with E-state index >= 15 is 0 Å². The Balaban J connectivity index is 1.78. The highest BCUT2D eigenvalue weighted by molar-refractivity contribution is 6.07. The largest absolute Gasteiger partial charge is 0.464 e. The number of para-hydroxylation sites is 1. The second-order valence-electron chi connectivity index (χ2n) is 6.98. The summed E-state index contributed by atoms with van der Waals surface area (Å²) in [5, 5.41) is 0.856. The Morgan fingerprint density at radius 2 is 2.04 bits per heavy atom. The number of benzene rings is 1. The zero-order valence-electron chi connectivity index (χ0n) is 15.8. The van der Waals surface area contributed by atoms with Gasteiger partial charge in [0.2, 0.25) is 0 Å². The van der Waals surface area contributed by atoms with Gasteiger partial charge in [0.15, 0.2) is 0 Å². The van der Waals surface area contributed by atoms with Crippen molar-refractivity contribution in [1.82, 2.24) is 9.88 Å². The summed E-state index contributed by atoms with van der Waals surface area (Å²) >= 11 is 0. The molecule has 1 saturated heterocycles. The quantitative estimate of drug-likeness (QED) is 0.712. The lowest BCUT2D eigenvalue weighted by Crippen LogP contribution is -2.43. The average Bonchev–Trinajstić information content (AvgIpc) is 3.12. The molecule has 6 nitrogen and oxygen atoms in total. The molecular weight excluding hydrogens is 342 g/mol. The summed E-state index contributed by atoms with van der Waals surface area (Å²) in [6.07, 6.45) is 0. The van der Waals surface area contributed by atoms with Gasteiger partial charge >= 0.3 is 0 Å². The molecule has 0 N–H and O–H groups in total. The number of aromatic nitrogens is 1. The van der Waals surface area contributed by atoms with Crippen molar-refractivity contribution in [1.29, 1.82) is 0 Å². The van der Waals surface area contributed by atoms with Gasteiger partial charge < -0.3 is 19.0 Å². The first-order chi connectivity index (χ1) is 13.0. The van der Waals surface area contributed by atoms with Crippen LogP contribution in [0.5, 0.6) is 0 Å². The number of carbonyl (C=O) groups is 1. The number of amides is 1. The van der Waals surface area contributed by atoms with E-state index in [4.69, 9.17) is 9.15 Å². The van der Waals surface area contributed by atoms with Gasteiger partial charge in [-0.05, 0) is 31.2 Å². The Kier molecular flexibility index (Phi) is 4.58. The van der Waals surface area contributed by atoms with Crippen LogP contribution in [0.1, 0.15) is 27.9 Å². The Hall–Kier alpha value is -2.86. The first-order valence-electron chi connectivity index (χ1n) is 9.07. The van der Waals surface area contributed by atoms with Crippen LogP contribution >= 0.6 is 0 Å². The summed E-state index contributed by atoms with van der Waals surface area (Å²) in [7, 11) is 3.85. The molecule has 6 heteroatoms. The van der Waals surface area contributed by atoms with Crippen molar-refractivity contribution in [3.63, 3.8) is 0 Å². The molecule has 0 saturated carbocycles. The van der Waals surface area contributed by atoms with Crippen LogP contribution in [0, 0.1) is 6.92 Å². The van der Waals surface area contributed by atoms with Gasteiger partial charge in [0.25, 0.3) is 5.91 Å². The van der Waals surface area contributed by atoms with Crippen molar-refractivity contribution in [2.24, 2.45) is 0 Å². The predicted molar refractivity (Wildman–Crippen MR) is 104 cm³/mol. The van der Waals surface area contributed by atoms with Crippen LogP contribution in [0.25, 0.3) is 10.9 Å². The molecule has 1 amide bonds. The zero-order chi connectivity index (χ0) is 19.0. The van der Waals surface area contributed by atoms with Crippen LogP contribution in [0.3, 0.4) is 0 Å². The topological polar surface area (TPSA) is 58.8 Å². The number of aryl methyl sites for hydroxylation is 1. The second-order valence-corrected chi connectivity index (χ2v) is 6.98. The van der Waals surface area contributed by atoms with E-state index in [1.54, 1.807) is 0 Å². The van der Waals surface area contributed by atoms with E-state index in [2.05, 4.69) is 4.98 Å². The van der Waals surface area contributed by atoms with Crippen molar-refractivity contribution in [3.8, 4) is 0 Å². The summed E-state index contributed by atoms with van der Waals surface area (Å²) in [6.45, 7) is 3.38. The Bertz CT molecular complexity index is 980. The van der Waals surface area contributed by atoms with Crippen LogP contribution in [0.4, 0.5) is 5.82 Å². The number of morpholine rings is 1. The average molecular weight is 365 g/mol. The smallest absolute Gasteiger partial charge is 0.255 e. The molecule has 3 heterocycles. The van der Waals surface area contributed by atoms with Gasteiger partial charge in [-0.15, -0.1) is 0 Å². The van der Waals surface area contributed by atoms with Crippen LogP contribution in [0.2, 0.25) is 0 Å². The Labute approximate surface area is 158 Å². The molecule has 2 aromatic heterocycles. The first kappa shape index (κ1) is 17.5. The van der Waals surface area contributed by atoms with E-state index in [1.165, 1.54) is 0 Å². The van der Waals surface area contributed by atoms with Crippen molar-refractivity contribution in [2.45, 2.75) is 13.0 Å². The molecular formula is C21H23N3O3. The monoisotopic (exact) mass is 365 g/mol.